The van der Waals surface area contributed by atoms with Crippen molar-refractivity contribution >= 4 is 39.4 Å². The minimum absolute atomic E-state index is 0.160. The molecule has 2 heterocycles. The molecule has 0 radical (unpaired) electrons. The molecule has 1 N–H and O–H groups in total. The Morgan fingerprint density at radius 3 is 2.74 bits per heavy atom. The van der Waals surface area contributed by atoms with Gasteiger partial charge in [-0.05, 0) is 37.3 Å². The third-order valence-corrected chi connectivity index (χ3v) is 4.36. The fourth-order valence-electron chi connectivity index (χ4n) is 2.92. The predicted octanol–water partition coefficient (Wildman–Crippen LogP) is 3.79. The van der Waals surface area contributed by atoms with Crippen molar-refractivity contribution in [2.75, 3.05) is 0 Å². The molecule has 0 saturated carbocycles. The van der Waals surface area contributed by atoms with Crippen molar-refractivity contribution in [3.63, 3.8) is 0 Å². The van der Waals surface area contributed by atoms with E-state index in [1.165, 1.54) is 0 Å². The van der Waals surface area contributed by atoms with E-state index < -0.39 is 5.97 Å². The Hall–Kier alpha value is -3.25. The van der Waals surface area contributed by atoms with Gasteiger partial charge in [0.25, 0.3) is 5.56 Å². The van der Waals surface area contributed by atoms with E-state index in [0.717, 1.165) is 5.52 Å². The van der Waals surface area contributed by atoms with Gasteiger partial charge >= 0.3 is 5.97 Å². The molecule has 0 spiro atoms. The Morgan fingerprint density at radius 2 is 1.89 bits per heavy atom. The molecule has 0 unspecified atom stereocenters. The third kappa shape index (κ3) is 3.39. The van der Waals surface area contributed by atoms with Gasteiger partial charge in [0.1, 0.15) is 12.4 Å². The van der Waals surface area contributed by atoms with Gasteiger partial charge in [0, 0.05) is 16.1 Å². The molecule has 4 rings (SSSR count). The standard InChI is InChI=1S/C20H14ClN3O3/c1-11-8-15(13-4-2-3-5-16(13)22-11)20(26)27-10-18-23-17-9-12(21)6-7-14(17)19(25)24-18/h2-9H,10H2,1H3,(H,23,24,25). The molecule has 0 fully saturated rings. The summed E-state index contributed by atoms with van der Waals surface area (Å²) in [6.07, 6.45) is 0. The number of aryl methyl sites for hydroxylation is 1. The predicted molar refractivity (Wildman–Crippen MR) is 103 cm³/mol. The smallest absolute Gasteiger partial charge is 0.339 e. The molecular weight excluding hydrogens is 366 g/mol. The zero-order valence-corrected chi connectivity index (χ0v) is 15.1. The second kappa shape index (κ2) is 6.81. The van der Waals surface area contributed by atoms with Gasteiger partial charge in [0.15, 0.2) is 0 Å². The average Bonchev–Trinajstić information content (AvgIpc) is 2.65. The van der Waals surface area contributed by atoms with E-state index in [1.807, 2.05) is 31.2 Å². The van der Waals surface area contributed by atoms with Gasteiger partial charge in [0.2, 0.25) is 0 Å². The number of hydrogen-bond donors (Lipinski definition) is 1. The maximum Gasteiger partial charge on any atom is 0.339 e. The molecule has 0 aliphatic rings. The van der Waals surface area contributed by atoms with Crippen molar-refractivity contribution in [3.05, 3.63) is 81.0 Å². The van der Waals surface area contributed by atoms with Gasteiger partial charge in [0.05, 0.1) is 22.0 Å². The van der Waals surface area contributed by atoms with Crippen LogP contribution < -0.4 is 5.56 Å². The van der Waals surface area contributed by atoms with Crippen LogP contribution in [0.5, 0.6) is 0 Å². The minimum Gasteiger partial charge on any atom is -0.454 e. The summed E-state index contributed by atoms with van der Waals surface area (Å²) in [6.45, 7) is 1.65. The number of ether oxygens (including phenoxy) is 1. The largest absolute Gasteiger partial charge is 0.454 e. The van der Waals surface area contributed by atoms with E-state index >= 15 is 0 Å². The number of halogens is 1. The Morgan fingerprint density at radius 1 is 1.07 bits per heavy atom. The number of esters is 1. The quantitative estimate of drug-likeness (QED) is 0.547. The van der Waals surface area contributed by atoms with Crippen LogP contribution in [-0.4, -0.2) is 20.9 Å². The lowest BCUT2D eigenvalue weighted by Gasteiger charge is -2.09. The number of H-pyrrole nitrogens is 1. The SMILES string of the molecule is Cc1cc(C(=O)OCc2nc3cc(Cl)ccc3c(=O)[nH]2)c2ccccc2n1. The van der Waals surface area contributed by atoms with Gasteiger partial charge < -0.3 is 9.72 Å². The number of aromatic amines is 1. The van der Waals surface area contributed by atoms with Crippen molar-refractivity contribution in [1.82, 2.24) is 15.0 Å². The highest BCUT2D eigenvalue weighted by Gasteiger charge is 2.14. The molecule has 0 atom stereocenters. The number of benzene rings is 2. The molecule has 7 heteroatoms. The highest BCUT2D eigenvalue weighted by Crippen LogP contribution is 2.20. The van der Waals surface area contributed by atoms with Crippen LogP contribution >= 0.6 is 11.6 Å². The average molecular weight is 380 g/mol. The first-order valence-electron chi connectivity index (χ1n) is 8.23. The lowest BCUT2D eigenvalue weighted by atomic mass is 10.1. The van der Waals surface area contributed by atoms with Crippen molar-refractivity contribution < 1.29 is 9.53 Å². The van der Waals surface area contributed by atoms with Crippen LogP contribution in [0, 0.1) is 6.92 Å². The monoisotopic (exact) mass is 379 g/mol. The fraction of sp³-hybridized carbons (Fsp3) is 0.100. The summed E-state index contributed by atoms with van der Waals surface area (Å²) in [7, 11) is 0. The fourth-order valence-corrected chi connectivity index (χ4v) is 3.08. The molecule has 0 bridgehead atoms. The number of carbonyl (C=O) groups is 1. The van der Waals surface area contributed by atoms with Gasteiger partial charge in [-0.1, -0.05) is 29.8 Å². The van der Waals surface area contributed by atoms with Crippen LogP contribution in [0.4, 0.5) is 0 Å². The second-order valence-electron chi connectivity index (χ2n) is 6.08. The number of aromatic nitrogens is 3. The number of fused-ring (bicyclic) bond motifs is 2. The Bertz CT molecular complexity index is 1250. The van der Waals surface area contributed by atoms with E-state index in [9.17, 15) is 9.59 Å². The zero-order valence-electron chi connectivity index (χ0n) is 14.3. The van der Waals surface area contributed by atoms with Crippen LogP contribution in [0.2, 0.25) is 5.02 Å². The highest BCUT2D eigenvalue weighted by atomic mass is 35.5. The lowest BCUT2D eigenvalue weighted by Crippen LogP contribution is -2.15. The molecule has 0 amide bonds. The summed E-state index contributed by atoms with van der Waals surface area (Å²) >= 11 is 5.96. The Kier molecular flexibility index (Phi) is 4.33. The van der Waals surface area contributed by atoms with Crippen LogP contribution in [0.25, 0.3) is 21.8 Å². The van der Waals surface area contributed by atoms with Gasteiger partial charge in [-0.2, -0.15) is 0 Å². The van der Waals surface area contributed by atoms with Crippen molar-refractivity contribution in [3.8, 4) is 0 Å². The zero-order chi connectivity index (χ0) is 19.0. The maximum absolute atomic E-state index is 12.6. The number of nitrogens with one attached hydrogen (secondary N) is 1. The van der Waals surface area contributed by atoms with Gasteiger partial charge in [-0.15, -0.1) is 0 Å². The molecule has 27 heavy (non-hydrogen) atoms. The third-order valence-electron chi connectivity index (χ3n) is 4.12. The summed E-state index contributed by atoms with van der Waals surface area (Å²) in [6, 6.07) is 13.9. The van der Waals surface area contributed by atoms with Crippen LogP contribution in [-0.2, 0) is 11.3 Å². The Balaban J connectivity index is 1.63. The summed E-state index contributed by atoms with van der Waals surface area (Å²) in [5.74, 6) is -0.260. The molecule has 0 saturated heterocycles. The van der Waals surface area contributed by atoms with Crippen LogP contribution in [0.1, 0.15) is 21.9 Å². The molecule has 6 nitrogen and oxygen atoms in total. The molecule has 0 aliphatic heterocycles. The summed E-state index contributed by atoms with van der Waals surface area (Å²) in [5, 5.41) is 1.60. The summed E-state index contributed by atoms with van der Waals surface area (Å²) < 4.78 is 5.38. The van der Waals surface area contributed by atoms with E-state index in [4.69, 9.17) is 16.3 Å². The number of rotatable bonds is 3. The maximum atomic E-state index is 12.6. The van der Waals surface area contributed by atoms with Crippen LogP contribution in [0.3, 0.4) is 0 Å². The number of nitrogens with zero attached hydrogens (tertiary/aromatic N) is 2. The van der Waals surface area contributed by atoms with E-state index in [-0.39, 0.29) is 18.0 Å². The molecule has 2 aromatic heterocycles. The van der Waals surface area contributed by atoms with Crippen LogP contribution in [0.15, 0.2) is 53.3 Å². The van der Waals surface area contributed by atoms with Crippen molar-refractivity contribution in [2.24, 2.45) is 0 Å². The first-order chi connectivity index (χ1) is 13.0. The van der Waals surface area contributed by atoms with Crippen molar-refractivity contribution in [2.45, 2.75) is 13.5 Å². The normalized spacial score (nSPS) is 11.0. The first kappa shape index (κ1) is 17.2. The summed E-state index contributed by atoms with van der Waals surface area (Å²) in [4.78, 5) is 36.1. The number of hydrogen-bond acceptors (Lipinski definition) is 5. The van der Waals surface area contributed by atoms with Crippen molar-refractivity contribution in [1.29, 1.82) is 0 Å². The molecule has 2 aromatic carbocycles. The first-order valence-corrected chi connectivity index (χ1v) is 8.61. The van der Waals surface area contributed by atoms with Gasteiger partial charge in [-0.3, -0.25) is 9.78 Å². The number of carbonyl (C=O) groups excluding carboxylic acids is 1. The van der Waals surface area contributed by atoms with E-state index in [2.05, 4.69) is 15.0 Å². The number of pyridine rings is 1. The topological polar surface area (TPSA) is 84.9 Å². The highest BCUT2D eigenvalue weighted by molar-refractivity contribution is 6.31. The number of para-hydroxylation sites is 1. The molecule has 134 valence electrons. The molecular formula is C20H14ClN3O3. The van der Waals surface area contributed by atoms with Gasteiger partial charge in [-0.25, -0.2) is 9.78 Å². The van der Waals surface area contributed by atoms with E-state index in [1.54, 1.807) is 24.3 Å². The molecule has 4 aromatic rings. The lowest BCUT2D eigenvalue weighted by molar-refractivity contribution is 0.0464. The minimum atomic E-state index is -0.509. The second-order valence-corrected chi connectivity index (χ2v) is 6.52. The summed E-state index contributed by atoms with van der Waals surface area (Å²) in [5.41, 5.74) is 1.99. The molecule has 0 aliphatic carbocycles. The Labute approximate surface area is 158 Å². The van der Waals surface area contributed by atoms with E-state index in [0.29, 0.717) is 32.6 Å².